The van der Waals surface area contributed by atoms with Gasteiger partial charge in [0.2, 0.25) is 0 Å². The average Bonchev–Trinajstić information content (AvgIpc) is 2.62. The number of hydrogen-bond acceptors (Lipinski definition) is 4. The van der Waals surface area contributed by atoms with Gasteiger partial charge in [0.1, 0.15) is 5.82 Å². The predicted molar refractivity (Wildman–Crippen MR) is 93.6 cm³/mol. The second kappa shape index (κ2) is 7.15. The van der Waals surface area contributed by atoms with Gasteiger partial charge in [-0.05, 0) is 37.1 Å². The molecule has 1 saturated heterocycles. The Morgan fingerprint density at radius 3 is 2.52 bits per heavy atom. The quantitative estimate of drug-likeness (QED) is 0.835. The zero-order valence-electron chi connectivity index (χ0n) is 14.3. The van der Waals surface area contributed by atoms with Gasteiger partial charge in [0.05, 0.1) is 11.4 Å². The molecule has 0 radical (unpaired) electrons. The maximum absolute atomic E-state index is 13.2. The van der Waals surface area contributed by atoms with Crippen LogP contribution in [0.15, 0.2) is 36.7 Å². The summed E-state index contributed by atoms with van der Waals surface area (Å²) in [6.45, 7) is 0.872. The number of aromatic nitrogens is 2. The highest BCUT2D eigenvalue weighted by Crippen LogP contribution is 2.32. The minimum absolute atomic E-state index is 0.0442. The summed E-state index contributed by atoms with van der Waals surface area (Å²) < 4.78 is 40.8. The van der Waals surface area contributed by atoms with E-state index in [4.69, 9.17) is 0 Å². The van der Waals surface area contributed by atoms with Crippen LogP contribution in [0.25, 0.3) is 11.3 Å². The van der Waals surface area contributed by atoms with Crippen LogP contribution in [0.1, 0.15) is 24.5 Å². The van der Waals surface area contributed by atoms with Crippen molar-refractivity contribution in [2.45, 2.75) is 18.8 Å². The molecule has 1 aromatic heterocycles. The topological polar surface area (TPSA) is 66.4 Å². The van der Waals surface area contributed by atoms with Crippen molar-refractivity contribution in [2.24, 2.45) is 0 Å². The van der Waals surface area contributed by atoms with Crippen molar-refractivity contribution < 1.29 is 12.8 Å². The van der Waals surface area contributed by atoms with E-state index in [0.717, 1.165) is 24.1 Å². The van der Waals surface area contributed by atoms with Crippen molar-refractivity contribution in [1.82, 2.24) is 18.6 Å². The van der Waals surface area contributed by atoms with Crippen LogP contribution in [-0.4, -0.2) is 54.2 Å². The third kappa shape index (κ3) is 3.70. The Kier molecular flexibility index (Phi) is 5.12. The molecule has 0 amide bonds. The van der Waals surface area contributed by atoms with Gasteiger partial charge in [0, 0.05) is 51.1 Å². The molecule has 2 heterocycles. The first kappa shape index (κ1) is 17.9. The van der Waals surface area contributed by atoms with E-state index >= 15 is 0 Å². The molecule has 1 unspecified atom stereocenters. The second-order valence-electron chi connectivity index (χ2n) is 6.28. The number of hydrogen-bond donors (Lipinski definition) is 0. The monoisotopic (exact) mass is 364 g/mol. The van der Waals surface area contributed by atoms with Gasteiger partial charge in [-0.25, -0.2) is 4.39 Å². The molecule has 8 heteroatoms. The lowest BCUT2D eigenvalue weighted by molar-refractivity contribution is 0.296. The summed E-state index contributed by atoms with van der Waals surface area (Å²) in [7, 11) is -0.389. The van der Waals surface area contributed by atoms with E-state index in [0.29, 0.717) is 18.8 Å². The fraction of sp³-hybridized carbons (Fsp3) is 0.412. The van der Waals surface area contributed by atoms with Crippen LogP contribution < -0.4 is 0 Å². The highest BCUT2D eigenvalue weighted by atomic mass is 32.2. The van der Waals surface area contributed by atoms with Gasteiger partial charge in [-0.2, -0.15) is 17.0 Å². The molecule has 1 aromatic carbocycles. The Hall–Kier alpha value is -1.90. The Labute approximate surface area is 147 Å². The molecule has 1 aliphatic heterocycles. The Morgan fingerprint density at radius 2 is 1.84 bits per heavy atom. The molecule has 1 atom stereocenters. The summed E-state index contributed by atoms with van der Waals surface area (Å²) in [5, 5.41) is 0. The van der Waals surface area contributed by atoms with Crippen molar-refractivity contribution in [3.05, 3.63) is 48.2 Å². The average molecular weight is 364 g/mol. The molecule has 0 spiro atoms. The van der Waals surface area contributed by atoms with Gasteiger partial charge >= 0.3 is 0 Å². The third-order valence-corrected chi connectivity index (χ3v) is 6.31. The minimum Gasteiger partial charge on any atom is -0.257 e. The molecule has 0 bridgehead atoms. The molecule has 0 aliphatic carbocycles. The molecule has 1 aliphatic rings. The standard InChI is InChI=1S/C17H21FN4O2S/c1-21(2)25(23,24)22-11-3-4-14(12-22)17-16(19-9-10-20-17)13-5-7-15(18)8-6-13/h5-10,14H,3-4,11-12H2,1-2H3. The van der Waals surface area contributed by atoms with Gasteiger partial charge < -0.3 is 0 Å². The lowest BCUT2D eigenvalue weighted by Crippen LogP contribution is -2.45. The predicted octanol–water partition coefficient (Wildman–Crippen LogP) is 2.27. The SMILES string of the molecule is CN(C)S(=O)(=O)N1CCCC(c2nccnc2-c2ccc(F)cc2)C1. The number of nitrogens with zero attached hydrogens (tertiary/aromatic N) is 4. The summed E-state index contributed by atoms with van der Waals surface area (Å²) in [6.07, 6.45) is 4.81. The van der Waals surface area contributed by atoms with E-state index in [9.17, 15) is 12.8 Å². The minimum atomic E-state index is -3.46. The van der Waals surface area contributed by atoms with Crippen molar-refractivity contribution in [1.29, 1.82) is 0 Å². The fourth-order valence-corrected chi connectivity index (χ4v) is 4.27. The molecule has 6 nitrogen and oxygen atoms in total. The van der Waals surface area contributed by atoms with E-state index in [1.165, 1.54) is 34.8 Å². The van der Waals surface area contributed by atoms with Crippen LogP contribution in [0.5, 0.6) is 0 Å². The zero-order valence-corrected chi connectivity index (χ0v) is 15.1. The first-order chi connectivity index (χ1) is 11.9. The van der Waals surface area contributed by atoms with E-state index in [1.807, 2.05) is 0 Å². The van der Waals surface area contributed by atoms with Crippen LogP contribution in [0.3, 0.4) is 0 Å². The highest BCUT2D eigenvalue weighted by Gasteiger charge is 2.32. The highest BCUT2D eigenvalue weighted by molar-refractivity contribution is 7.86. The van der Waals surface area contributed by atoms with Crippen molar-refractivity contribution in [3.8, 4) is 11.3 Å². The van der Waals surface area contributed by atoms with Crippen molar-refractivity contribution in [2.75, 3.05) is 27.2 Å². The maximum atomic E-state index is 13.2. The van der Waals surface area contributed by atoms with Gasteiger partial charge in [-0.15, -0.1) is 0 Å². The van der Waals surface area contributed by atoms with Crippen LogP contribution in [0.2, 0.25) is 0 Å². The molecular formula is C17H21FN4O2S. The summed E-state index contributed by atoms with van der Waals surface area (Å²) in [6, 6.07) is 6.11. The van der Waals surface area contributed by atoms with Crippen LogP contribution in [0.4, 0.5) is 4.39 Å². The summed E-state index contributed by atoms with van der Waals surface area (Å²) in [5.74, 6) is -0.354. The van der Waals surface area contributed by atoms with Gasteiger partial charge in [0.25, 0.3) is 10.2 Å². The Bertz CT molecular complexity index is 840. The Balaban J connectivity index is 1.93. The molecule has 25 heavy (non-hydrogen) atoms. The lowest BCUT2D eigenvalue weighted by atomic mass is 9.92. The largest absolute Gasteiger partial charge is 0.281 e. The van der Waals surface area contributed by atoms with Crippen LogP contribution >= 0.6 is 0 Å². The summed E-state index contributed by atoms with van der Waals surface area (Å²) >= 11 is 0. The summed E-state index contributed by atoms with van der Waals surface area (Å²) in [5.41, 5.74) is 2.21. The van der Waals surface area contributed by atoms with Gasteiger partial charge in [-0.1, -0.05) is 0 Å². The zero-order chi connectivity index (χ0) is 18.0. The smallest absolute Gasteiger partial charge is 0.257 e. The first-order valence-electron chi connectivity index (χ1n) is 8.14. The van der Waals surface area contributed by atoms with Crippen molar-refractivity contribution >= 4 is 10.2 Å². The van der Waals surface area contributed by atoms with Crippen LogP contribution in [-0.2, 0) is 10.2 Å². The third-order valence-electron chi connectivity index (χ3n) is 4.40. The van der Waals surface area contributed by atoms with E-state index < -0.39 is 10.2 Å². The molecule has 0 N–H and O–H groups in total. The van der Waals surface area contributed by atoms with E-state index in [1.54, 1.807) is 24.5 Å². The molecule has 134 valence electrons. The number of halogens is 1. The number of piperidine rings is 1. The first-order valence-corrected chi connectivity index (χ1v) is 9.53. The van der Waals surface area contributed by atoms with E-state index in [-0.39, 0.29) is 11.7 Å². The van der Waals surface area contributed by atoms with E-state index in [2.05, 4.69) is 9.97 Å². The molecule has 2 aromatic rings. The molecular weight excluding hydrogens is 343 g/mol. The second-order valence-corrected chi connectivity index (χ2v) is 8.43. The van der Waals surface area contributed by atoms with Crippen molar-refractivity contribution in [3.63, 3.8) is 0 Å². The normalized spacial score (nSPS) is 19.3. The van der Waals surface area contributed by atoms with Gasteiger partial charge in [0.15, 0.2) is 0 Å². The molecule has 3 rings (SSSR count). The number of benzene rings is 1. The molecule has 1 fully saturated rings. The lowest BCUT2D eigenvalue weighted by Gasteiger charge is -2.33. The number of rotatable bonds is 4. The maximum Gasteiger partial charge on any atom is 0.281 e. The summed E-state index contributed by atoms with van der Waals surface area (Å²) in [4.78, 5) is 8.88. The van der Waals surface area contributed by atoms with Crippen LogP contribution in [0, 0.1) is 5.82 Å². The molecule has 0 saturated carbocycles. The van der Waals surface area contributed by atoms with Gasteiger partial charge in [-0.3, -0.25) is 9.97 Å². The Morgan fingerprint density at radius 1 is 1.16 bits per heavy atom. The fourth-order valence-electron chi connectivity index (χ4n) is 3.08.